The molecule has 1 amide bonds. The van der Waals surface area contributed by atoms with Gasteiger partial charge in [-0.2, -0.15) is 0 Å². The molecule has 0 saturated heterocycles. The third kappa shape index (κ3) is 57.3. The van der Waals surface area contributed by atoms with E-state index < -0.39 is 18.1 Å². The van der Waals surface area contributed by atoms with E-state index in [1.807, 2.05) is 60.7 Å². The van der Waals surface area contributed by atoms with Gasteiger partial charge in [0, 0.05) is 20.6 Å². The van der Waals surface area contributed by atoms with E-state index >= 15 is 0 Å². The fourth-order valence-corrected chi connectivity index (χ4v) is 7.94. The molecule has 0 spiro atoms. The van der Waals surface area contributed by atoms with Crippen molar-refractivity contribution in [2.45, 2.75) is 25.7 Å². The maximum Gasteiger partial charge on any atom is 0.408 e. The molecule has 29 nitrogen and oxygen atoms in total. The van der Waals surface area contributed by atoms with E-state index in [2.05, 4.69) is 5.32 Å². The summed E-state index contributed by atoms with van der Waals surface area (Å²) < 4.78 is 144. The lowest BCUT2D eigenvalue weighted by Gasteiger charge is -2.19. The first-order valence-corrected chi connectivity index (χ1v) is 34.2. The van der Waals surface area contributed by atoms with Crippen LogP contribution in [0.3, 0.4) is 0 Å². The standard InChI is InChI=1S/C70H115NO28/c1-74-15-17-76-19-21-78-23-25-80-27-29-82-31-33-84-35-37-86-39-41-88-43-45-90-47-49-92-51-53-94-55-57-96-67-14-13-65(59-66(69(72)98-61-63-9-5-3-6-10-63)71-70(73)99-62-64-11-7-4-8-12-64)60-68(67)97-58-56-95-54-52-93-50-48-91-46-44-89-42-40-87-38-36-85-34-32-83-30-28-81-26-24-79-22-20-77-18-16-75-2/h3-14,60,66H,15-59,61-62H2,1-2H3,(H,71,73)/t66-/m0/s1. The van der Waals surface area contributed by atoms with Crippen LogP contribution >= 0.6 is 0 Å². The first-order valence-electron chi connectivity index (χ1n) is 34.2. The van der Waals surface area contributed by atoms with Gasteiger partial charge in [-0.25, -0.2) is 9.59 Å². The number of methoxy groups -OCH3 is 2. The number of benzene rings is 3. The molecule has 1 atom stereocenters. The van der Waals surface area contributed by atoms with Gasteiger partial charge in [-0.3, -0.25) is 0 Å². The average molecular weight is 1420 g/mol. The zero-order valence-corrected chi connectivity index (χ0v) is 58.7. The molecule has 0 saturated carbocycles. The zero-order chi connectivity index (χ0) is 70.1. The Morgan fingerprint density at radius 3 is 0.788 bits per heavy atom. The molecule has 0 aromatic heterocycles. The molecule has 0 radical (unpaired) electrons. The van der Waals surface area contributed by atoms with Crippen molar-refractivity contribution < 1.29 is 133 Å². The Hall–Kier alpha value is -4.88. The van der Waals surface area contributed by atoms with Gasteiger partial charge in [0.2, 0.25) is 0 Å². The second-order valence-corrected chi connectivity index (χ2v) is 20.8. The lowest BCUT2D eigenvalue weighted by atomic mass is 10.1. The minimum atomic E-state index is -1.10. The van der Waals surface area contributed by atoms with Crippen LogP contribution in [0.25, 0.3) is 0 Å². The highest BCUT2D eigenvalue weighted by Gasteiger charge is 2.25. The molecular formula is C70H115NO28. The normalized spacial score (nSPS) is 11.7. The molecule has 0 bridgehead atoms. The summed E-state index contributed by atoms with van der Waals surface area (Å²) >= 11 is 0. The topological polar surface area (TPSA) is 286 Å². The van der Waals surface area contributed by atoms with Gasteiger partial charge >= 0.3 is 12.1 Å². The molecular weight excluding hydrogens is 1300 g/mol. The summed E-state index contributed by atoms with van der Waals surface area (Å²) in [6.07, 6.45) is -0.716. The lowest BCUT2D eigenvalue weighted by Crippen LogP contribution is -2.43. The van der Waals surface area contributed by atoms with E-state index in [-0.39, 0.29) is 46.1 Å². The molecule has 3 aromatic rings. The average Bonchev–Trinajstić information content (AvgIpc) is 1.10. The summed E-state index contributed by atoms with van der Waals surface area (Å²) in [5, 5.41) is 2.70. The predicted molar refractivity (Wildman–Crippen MR) is 361 cm³/mol. The third-order valence-corrected chi connectivity index (χ3v) is 13.0. The van der Waals surface area contributed by atoms with Crippen LogP contribution in [0.2, 0.25) is 0 Å². The number of carbonyl (C=O) groups is 2. The number of alkyl carbamates (subject to hydrolysis) is 1. The minimum Gasteiger partial charge on any atom is -0.487 e. The van der Waals surface area contributed by atoms with Gasteiger partial charge in [-0.05, 0) is 28.8 Å². The van der Waals surface area contributed by atoms with E-state index in [0.29, 0.717) is 281 Å². The van der Waals surface area contributed by atoms with Gasteiger partial charge in [0.25, 0.3) is 0 Å². The second-order valence-electron chi connectivity index (χ2n) is 20.8. The van der Waals surface area contributed by atoms with Crippen molar-refractivity contribution in [3.63, 3.8) is 0 Å². The summed E-state index contributed by atoms with van der Waals surface area (Å²) in [5.74, 6) is 0.204. The number of esters is 1. The van der Waals surface area contributed by atoms with Crippen LogP contribution < -0.4 is 14.8 Å². The number of rotatable bonds is 76. The Morgan fingerprint density at radius 2 is 0.515 bits per heavy atom. The number of hydrogen-bond acceptors (Lipinski definition) is 28. The number of hydrogen-bond donors (Lipinski definition) is 1. The monoisotopic (exact) mass is 1420 g/mol. The molecule has 3 aromatic carbocycles. The second kappa shape index (κ2) is 70.2. The SMILES string of the molecule is COCCOCCOCCOCCOCCOCCOCCOCCOCCOCCOCCOc1ccc(C[C@H](NC(=O)OCc2ccccc2)C(=O)OCc2ccccc2)cc1OCCOCCOCCOCCOCCOCCOCCOCCOCCOCCOCCOC. The molecule has 0 unspecified atom stereocenters. The molecule has 3 rings (SSSR count). The lowest BCUT2D eigenvalue weighted by molar-refractivity contribution is -0.147. The quantitative estimate of drug-likeness (QED) is 0.0594. The molecule has 568 valence electrons. The number of amides is 1. The highest BCUT2D eigenvalue weighted by Crippen LogP contribution is 2.29. The Labute approximate surface area is 585 Å². The van der Waals surface area contributed by atoms with E-state index in [9.17, 15) is 9.59 Å². The van der Waals surface area contributed by atoms with Crippen molar-refractivity contribution in [2.24, 2.45) is 0 Å². The van der Waals surface area contributed by atoms with E-state index in [0.717, 1.165) is 11.1 Å². The number of ether oxygens (including phenoxy) is 26. The molecule has 0 aliphatic heterocycles. The largest absolute Gasteiger partial charge is 0.487 e. The first-order chi connectivity index (χ1) is 49.1. The van der Waals surface area contributed by atoms with Crippen molar-refractivity contribution in [1.29, 1.82) is 0 Å². The first kappa shape index (κ1) is 88.3. The predicted octanol–water partition coefficient (Wildman–Crippen LogP) is 4.65. The summed E-state index contributed by atoms with van der Waals surface area (Å²) in [7, 11) is 3.28. The fraction of sp³-hybridized carbons (Fsp3) is 0.714. The van der Waals surface area contributed by atoms with Gasteiger partial charge in [0.1, 0.15) is 32.5 Å². The zero-order valence-electron chi connectivity index (χ0n) is 58.7. The summed E-state index contributed by atoms with van der Waals surface area (Å²) in [6, 6.07) is 22.7. The number of nitrogens with one attached hydrogen (secondary N) is 1. The fourth-order valence-electron chi connectivity index (χ4n) is 7.94. The molecule has 0 aliphatic carbocycles. The maximum atomic E-state index is 13.6. The van der Waals surface area contributed by atoms with Gasteiger partial charge in [0.05, 0.1) is 277 Å². The van der Waals surface area contributed by atoms with Gasteiger partial charge in [-0.15, -0.1) is 0 Å². The van der Waals surface area contributed by atoms with Crippen molar-refractivity contribution >= 4 is 12.1 Å². The third-order valence-electron chi connectivity index (χ3n) is 13.0. The van der Waals surface area contributed by atoms with Gasteiger partial charge in [-0.1, -0.05) is 66.7 Å². The van der Waals surface area contributed by atoms with E-state index in [4.69, 9.17) is 123 Å². The molecule has 0 aliphatic rings. The van der Waals surface area contributed by atoms with Crippen LogP contribution in [0.4, 0.5) is 4.79 Å². The van der Waals surface area contributed by atoms with Crippen LogP contribution in [0.15, 0.2) is 78.9 Å². The molecule has 0 heterocycles. The van der Waals surface area contributed by atoms with Crippen LogP contribution in [0.1, 0.15) is 16.7 Å². The van der Waals surface area contributed by atoms with E-state index in [1.54, 1.807) is 32.4 Å². The van der Waals surface area contributed by atoms with Crippen molar-refractivity contribution in [3.05, 3.63) is 95.6 Å². The van der Waals surface area contributed by atoms with Gasteiger partial charge < -0.3 is 128 Å². The van der Waals surface area contributed by atoms with Crippen LogP contribution in [-0.4, -0.2) is 323 Å². The highest BCUT2D eigenvalue weighted by atomic mass is 16.6. The Balaban J connectivity index is 1.24. The highest BCUT2D eigenvalue weighted by molar-refractivity contribution is 5.81. The number of carbonyl (C=O) groups excluding carboxylic acids is 2. The Bertz CT molecular complexity index is 2200. The molecule has 0 fully saturated rings. The Morgan fingerprint density at radius 1 is 0.273 bits per heavy atom. The maximum absolute atomic E-state index is 13.6. The molecule has 1 N–H and O–H groups in total. The van der Waals surface area contributed by atoms with Crippen LogP contribution in [0.5, 0.6) is 11.5 Å². The molecule has 29 heteroatoms. The minimum absolute atomic E-state index is 0.0181. The van der Waals surface area contributed by atoms with Crippen LogP contribution in [-0.2, 0) is 138 Å². The van der Waals surface area contributed by atoms with E-state index in [1.165, 1.54) is 0 Å². The smallest absolute Gasteiger partial charge is 0.408 e. The summed E-state index contributed by atoms with van der Waals surface area (Å²) in [6.45, 7) is 19.6. The van der Waals surface area contributed by atoms with Crippen LogP contribution in [0, 0.1) is 0 Å². The summed E-state index contributed by atoms with van der Waals surface area (Å²) in [5.41, 5.74) is 2.25. The van der Waals surface area contributed by atoms with Gasteiger partial charge in [0.15, 0.2) is 11.5 Å². The summed E-state index contributed by atoms with van der Waals surface area (Å²) in [4.78, 5) is 26.7. The van der Waals surface area contributed by atoms with Crippen molar-refractivity contribution in [1.82, 2.24) is 5.32 Å². The van der Waals surface area contributed by atoms with Crippen molar-refractivity contribution in [3.8, 4) is 11.5 Å². The Kier molecular flexibility index (Phi) is 62.6. The molecule has 99 heavy (non-hydrogen) atoms. The van der Waals surface area contributed by atoms with Crippen molar-refractivity contribution in [2.75, 3.05) is 305 Å².